The highest BCUT2D eigenvalue weighted by Crippen LogP contribution is 2.11. The number of hydrogen-bond donors (Lipinski definition) is 1. The molecule has 152 valence electrons. The summed E-state index contributed by atoms with van der Waals surface area (Å²) in [5.74, 6) is 0.0867. The molecule has 0 radical (unpaired) electrons. The minimum atomic E-state index is -3.29. The Bertz CT molecular complexity index is 693. The van der Waals surface area contributed by atoms with Crippen LogP contribution in [0, 0.1) is 0 Å². The van der Waals surface area contributed by atoms with Crippen molar-refractivity contribution in [2.45, 2.75) is 32.8 Å². The molecule has 1 heterocycles. The van der Waals surface area contributed by atoms with Gasteiger partial charge < -0.3 is 9.64 Å². The van der Waals surface area contributed by atoms with Crippen LogP contribution in [0.2, 0.25) is 0 Å². The van der Waals surface area contributed by atoms with Crippen LogP contribution >= 0.6 is 0 Å². The number of carbonyl (C=O) groups is 1. The predicted molar refractivity (Wildman–Crippen MR) is 106 cm³/mol. The molecule has 7 nitrogen and oxygen atoms in total. The summed E-state index contributed by atoms with van der Waals surface area (Å²) in [6.07, 6.45) is 0.217. The van der Waals surface area contributed by atoms with Crippen molar-refractivity contribution in [1.29, 1.82) is 0 Å². The molecule has 1 aromatic carbocycles. The molecule has 1 N–H and O–H groups in total. The number of piperazine rings is 1. The minimum absolute atomic E-state index is 0.0867. The molecule has 0 atom stereocenters. The van der Waals surface area contributed by atoms with Crippen LogP contribution in [0.4, 0.5) is 4.79 Å². The molecular formula is C19H31N3O4S. The van der Waals surface area contributed by atoms with Crippen molar-refractivity contribution in [2.75, 3.05) is 45.0 Å². The summed E-state index contributed by atoms with van der Waals surface area (Å²) in [6.45, 7) is 9.18. The zero-order valence-corrected chi connectivity index (χ0v) is 17.3. The summed E-state index contributed by atoms with van der Waals surface area (Å²) < 4.78 is 32.3. The van der Waals surface area contributed by atoms with Crippen LogP contribution in [-0.4, -0.2) is 74.9 Å². The summed E-state index contributed by atoms with van der Waals surface area (Å²) in [5, 5.41) is 0. The molecule has 1 saturated heterocycles. The number of nitrogens with zero attached hydrogens (tertiary/aromatic N) is 2. The molecule has 1 amide bonds. The first kappa shape index (κ1) is 21.7. The third kappa shape index (κ3) is 8.28. The van der Waals surface area contributed by atoms with Gasteiger partial charge in [0.05, 0.1) is 5.75 Å². The van der Waals surface area contributed by atoms with Crippen molar-refractivity contribution in [3.05, 3.63) is 35.9 Å². The Morgan fingerprint density at radius 1 is 1.11 bits per heavy atom. The van der Waals surface area contributed by atoms with Gasteiger partial charge in [0, 0.05) is 39.3 Å². The van der Waals surface area contributed by atoms with E-state index in [-0.39, 0.29) is 11.8 Å². The first-order valence-corrected chi connectivity index (χ1v) is 11.0. The number of nitrogens with one attached hydrogen (secondary N) is 1. The Labute approximate surface area is 162 Å². The fourth-order valence-electron chi connectivity index (χ4n) is 2.81. The lowest BCUT2D eigenvalue weighted by atomic mass is 10.2. The molecule has 0 aromatic heterocycles. The second-order valence-corrected chi connectivity index (χ2v) is 9.68. The van der Waals surface area contributed by atoms with Gasteiger partial charge in [0.1, 0.15) is 5.60 Å². The Balaban J connectivity index is 1.65. The maximum atomic E-state index is 12.1. The lowest BCUT2D eigenvalue weighted by molar-refractivity contribution is 0.0147. The quantitative estimate of drug-likeness (QED) is 0.758. The normalized spacial score (nSPS) is 16.3. The molecule has 1 fully saturated rings. The molecule has 8 heteroatoms. The third-order valence-electron chi connectivity index (χ3n) is 4.28. The molecule has 1 aromatic rings. The molecule has 0 aliphatic carbocycles. The summed E-state index contributed by atoms with van der Waals surface area (Å²) >= 11 is 0. The highest BCUT2D eigenvalue weighted by molar-refractivity contribution is 7.89. The van der Waals surface area contributed by atoms with Crippen molar-refractivity contribution >= 4 is 16.1 Å². The van der Waals surface area contributed by atoms with Gasteiger partial charge in [-0.25, -0.2) is 17.9 Å². The Morgan fingerprint density at radius 3 is 2.33 bits per heavy atom. The zero-order valence-electron chi connectivity index (χ0n) is 16.5. The number of amides is 1. The van der Waals surface area contributed by atoms with E-state index in [0.29, 0.717) is 45.7 Å². The standard InChI is InChI=1S/C19H31N3O4S/c1-19(2,3)26-18(23)22-14-12-21(13-15-22)11-10-20-27(24,25)16-9-17-7-5-4-6-8-17/h4-8,20H,9-16H2,1-3H3. The average Bonchev–Trinajstić information content (AvgIpc) is 2.60. The SMILES string of the molecule is CC(C)(C)OC(=O)N1CCN(CCNS(=O)(=O)CCc2ccccc2)CC1. The molecule has 2 rings (SSSR count). The van der Waals surface area contributed by atoms with Gasteiger partial charge in [-0.15, -0.1) is 0 Å². The summed E-state index contributed by atoms with van der Waals surface area (Å²) in [4.78, 5) is 15.9. The van der Waals surface area contributed by atoms with Crippen LogP contribution in [0.25, 0.3) is 0 Å². The first-order chi connectivity index (χ1) is 12.6. The lowest BCUT2D eigenvalue weighted by Crippen LogP contribution is -2.51. The zero-order chi connectivity index (χ0) is 19.9. The highest BCUT2D eigenvalue weighted by Gasteiger charge is 2.25. The molecule has 0 unspecified atom stereocenters. The van der Waals surface area contributed by atoms with E-state index in [0.717, 1.165) is 5.56 Å². The Hall–Kier alpha value is -1.64. The Kier molecular flexibility index (Phi) is 7.64. The van der Waals surface area contributed by atoms with Crippen molar-refractivity contribution in [3.63, 3.8) is 0 Å². The molecule has 1 aliphatic heterocycles. The number of carbonyl (C=O) groups excluding carboxylic acids is 1. The third-order valence-corrected chi connectivity index (χ3v) is 5.66. The van der Waals surface area contributed by atoms with E-state index in [1.165, 1.54) is 0 Å². The maximum absolute atomic E-state index is 12.1. The number of sulfonamides is 1. The lowest BCUT2D eigenvalue weighted by Gasteiger charge is -2.35. The molecule has 0 spiro atoms. The van der Waals surface area contributed by atoms with Gasteiger partial charge >= 0.3 is 6.09 Å². The van der Waals surface area contributed by atoms with Crippen LogP contribution in [0.5, 0.6) is 0 Å². The number of hydrogen-bond acceptors (Lipinski definition) is 5. The number of rotatable bonds is 7. The predicted octanol–water partition coefficient (Wildman–Crippen LogP) is 1.70. The first-order valence-electron chi connectivity index (χ1n) is 9.36. The van der Waals surface area contributed by atoms with Gasteiger partial charge in [0.15, 0.2) is 0 Å². The van der Waals surface area contributed by atoms with Gasteiger partial charge in [-0.2, -0.15) is 0 Å². The monoisotopic (exact) mass is 397 g/mol. The molecule has 0 saturated carbocycles. The smallest absolute Gasteiger partial charge is 0.410 e. The topological polar surface area (TPSA) is 79.0 Å². The number of ether oxygens (including phenoxy) is 1. The number of benzene rings is 1. The van der Waals surface area contributed by atoms with Crippen molar-refractivity contribution in [3.8, 4) is 0 Å². The van der Waals surface area contributed by atoms with E-state index in [1.54, 1.807) is 4.90 Å². The average molecular weight is 398 g/mol. The fraction of sp³-hybridized carbons (Fsp3) is 0.632. The molecular weight excluding hydrogens is 366 g/mol. The van der Waals surface area contributed by atoms with Gasteiger partial charge in [0.25, 0.3) is 0 Å². The van der Waals surface area contributed by atoms with E-state index in [1.807, 2.05) is 51.1 Å². The second-order valence-electron chi connectivity index (χ2n) is 7.76. The van der Waals surface area contributed by atoms with Gasteiger partial charge in [-0.1, -0.05) is 30.3 Å². The molecule has 0 bridgehead atoms. The summed E-state index contributed by atoms with van der Waals surface area (Å²) in [7, 11) is -3.29. The van der Waals surface area contributed by atoms with Crippen molar-refractivity contribution in [1.82, 2.24) is 14.5 Å². The number of aryl methyl sites for hydroxylation is 1. The summed E-state index contributed by atoms with van der Waals surface area (Å²) in [6, 6.07) is 9.59. The van der Waals surface area contributed by atoms with E-state index < -0.39 is 15.6 Å². The largest absolute Gasteiger partial charge is 0.444 e. The minimum Gasteiger partial charge on any atom is -0.444 e. The van der Waals surface area contributed by atoms with Crippen LogP contribution in [0.3, 0.4) is 0 Å². The fourth-order valence-corrected chi connectivity index (χ4v) is 3.86. The Morgan fingerprint density at radius 2 is 1.74 bits per heavy atom. The van der Waals surface area contributed by atoms with Crippen LogP contribution < -0.4 is 4.72 Å². The van der Waals surface area contributed by atoms with E-state index in [9.17, 15) is 13.2 Å². The van der Waals surface area contributed by atoms with Gasteiger partial charge in [-0.05, 0) is 32.8 Å². The summed E-state index contributed by atoms with van der Waals surface area (Å²) in [5.41, 5.74) is 0.521. The van der Waals surface area contributed by atoms with Crippen LogP contribution in [0.15, 0.2) is 30.3 Å². The highest BCUT2D eigenvalue weighted by atomic mass is 32.2. The van der Waals surface area contributed by atoms with Gasteiger partial charge in [0.2, 0.25) is 10.0 Å². The molecule has 27 heavy (non-hydrogen) atoms. The van der Waals surface area contributed by atoms with E-state index in [4.69, 9.17) is 4.74 Å². The maximum Gasteiger partial charge on any atom is 0.410 e. The van der Waals surface area contributed by atoms with Crippen LogP contribution in [-0.2, 0) is 21.2 Å². The van der Waals surface area contributed by atoms with Crippen molar-refractivity contribution in [2.24, 2.45) is 0 Å². The van der Waals surface area contributed by atoms with Crippen LogP contribution in [0.1, 0.15) is 26.3 Å². The van der Waals surface area contributed by atoms with Crippen molar-refractivity contribution < 1.29 is 17.9 Å². The van der Waals surface area contributed by atoms with Gasteiger partial charge in [-0.3, -0.25) is 4.90 Å². The van der Waals surface area contributed by atoms with E-state index in [2.05, 4.69) is 9.62 Å². The second kappa shape index (κ2) is 9.52. The van der Waals surface area contributed by atoms with E-state index >= 15 is 0 Å². The molecule has 1 aliphatic rings.